The molecule has 2 atom stereocenters. The first-order chi connectivity index (χ1) is 18.0. The summed E-state index contributed by atoms with van der Waals surface area (Å²) in [5.74, 6) is -0.644. The minimum absolute atomic E-state index is 0.0781. The fourth-order valence-corrected chi connectivity index (χ4v) is 4.82. The van der Waals surface area contributed by atoms with E-state index in [1.54, 1.807) is 54.6 Å². The Morgan fingerprint density at radius 3 is 2.00 bits per heavy atom. The Morgan fingerprint density at radius 2 is 1.38 bits per heavy atom. The summed E-state index contributed by atoms with van der Waals surface area (Å²) in [5, 5.41) is 13.5. The molecule has 0 fully saturated rings. The molecule has 4 aromatic rings. The van der Waals surface area contributed by atoms with E-state index >= 15 is 0 Å². The zero-order valence-corrected chi connectivity index (χ0v) is 21.3. The summed E-state index contributed by atoms with van der Waals surface area (Å²) in [4.78, 5) is 26.0. The topological polar surface area (TPSA) is 84.9 Å². The Bertz CT molecular complexity index is 1360. The first-order valence-corrected chi connectivity index (χ1v) is 12.6. The number of alkyl carbamates (subject to hydrolysis) is 1. The van der Waals surface area contributed by atoms with Crippen LogP contribution in [0.4, 0.5) is 4.79 Å². The van der Waals surface area contributed by atoms with Crippen molar-refractivity contribution in [2.45, 2.75) is 18.1 Å². The molecule has 0 spiro atoms. The molecule has 0 bridgehead atoms. The van der Waals surface area contributed by atoms with Crippen molar-refractivity contribution in [3.05, 3.63) is 124 Å². The minimum Gasteiger partial charge on any atom is -0.449 e. The van der Waals surface area contributed by atoms with Gasteiger partial charge < -0.3 is 19.9 Å². The summed E-state index contributed by atoms with van der Waals surface area (Å²) in [6.45, 7) is 0.0781. The molecule has 0 aromatic heterocycles. The number of hydrogen-bond acceptors (Lipinski definition) is 5. The predicted molar refractivity (Wildman–Crippen MR) is 143 cm³/mol. The summed E-state index contributed by atoms with van der Waals surface area (Å²) in [6, 6.07) is 29.9. The molecule has 0 heterocycles. The van der Waals surface area contributed by atoms with E-state index in [1.165, 1.54) is 0 Å². The van der Waals surface area contributed by atoms with Crippen LogP contribution in [-0.2, 0) is 9.53 Å². The molecule has 5 rings (SSSR count). The number of para-hydroxylation sites is 1. The maximum absolute atomic E-state index is 13.1. The molecular formula is C30H24BrNO5. The second-order valence-electron chi connectivity index (χ2n) is 8.68. The number of fused-ring (bicyclic) bond motifs is 3. The van der Waals surface area contributed by atoms with Crippen molar-refractivity contribution in [2.24, 2.45) is 0 Å². The molecule has 6 nitrogen and oxygen atoms in total. The van der Waals surface area contributed by atoms with Crippen LogP contribution < -0.4 is 10.1 Å². The van der Waals surface area contributed by atoms with Gasteiger partial charge in [-0.1, -0.05) is 94.8 Å². The van der Waals surface area contributed by atoms with Gasteiger partial charge in [-0.3, -0.25) is 0 Å². The van der Waals surface area contributed by atoms with Gasteiger partial charge in [0.25, 0.3) is 0 Å². The molecule has 186 valence electrons. The first-order valence-electron chi connectivity index (χ1n) is 11.8. The predicted octanol–water partition coefficient (Wildman–Crippen LogP) is 6.00. The maximum atomic E-state index is 13.1. The second kappa shape index (κ2) is 11.0. The third-order valence-electron chi connectivity index (χ3n) is 6.36. The third-order valence-corrected chi connectivity index (χ3v) is 6.89. The van der Waals surface area contributed by atoms with Gasteiger partial charge in [0.05, 0.1) is 0 Å². The van der Waals surface area contributed by atoms with Gasteiger partial charge in [-0.05, 0) is 52.1 Å². The van der Waals surface area contributed by atoms with E-state index in [4.69, 9.17) is 9.47 Å². The lowest BCUT2D eigenvalue weighted by Crippen LogP contribution is -2.47. The number of amides is 1. The van der Waals surface area contributed by atoms with Crippen LogP contribution in [0.1, 0.15) is 28.7 Å². The Balaban J connectivity index is 1.33. The molecular weight excluding hydrogens is 534 g/mol. The van der Waals surface area contributed by atoms with Crippen LogP contribution in [0.25, 0.3) is 11.1 Å². The van der Waals surface area contributed by atoms with Crippen molar-refractivity contribution in [1.82, 2.24) is 5.32 Å². The lowest BCUT2D eigenvalue weighted by Gasteiger charge is -2.23. The van der Waals surface area contributed by atoms with E-state index in [2.05, 4.69) is 33.4 Å². The first kappa shape index (κ1) is 24.7. The average Bonchev–Trinajstić information content (AvgIpc) is 3.25. The van der Waals surface area contributed by atoms with Crippen LogP contribution in [0.15, 0.2) is 108 Å². The van der Waals surface area contributed by atoms with E-state index < -0.39 is 24.2 Å². The van der Waals surface area contributed by atoms with Gasteiger partial charge in [-0.15, -0.1) is 0 Å². The smallest absolute Gasteiger partial charge is 0.407 e. The van der Waals surface area contributed by atoms with E-state index in [-0.39, 0.29) is 12.5 Å². The van der Waals surface area contributed by atoms with Crippen molar-refractivity contribution in [1.29, 1.82) is 0 Å². The molecule has 1 aliphatic carbocycles. The van der Waals surface area contributed by atoms with Gasteiger partial charge in [-0.2, -0.15) is 0 Å². The van der Waals surface area contributed by atoms with Crippen molar-refractivity contribution in [2.75, 3.05) is 6.61 Å². The highest BCUT2D eigenvalue weighted by Gasteiger charge is 2.34. The van der Waals surface area contributed by atoms with Crippen LogP contribution in [0.2, 0.25) is 0 Å². The Hall–Kier alpha value is -3.94. The fraction of sp³-hybridized carbons (Fsp3) is 0.133. The molecule has 1 amide bonds. The van der Waals surface area contributed by atoms with Gasteiger partial charge in [0, 0.05) is 10.4 Å². The zero-order valence-electron chi connectivity index (χ0n) is 19.7. The molecule has 0 aliphatic heterocycles. The average molecular weight is 558 g/mol. The summed E-state index contributed by atoms with van der Waals surface area (Å²) in [7, 11) is 0. The Labute approximate surface area is 223 Å². The number of halogens is 1. The highest BCUT2D eigenvalue weighted by atomic mass is 79.9. The van der Waals surface area contributed by atoms with Gasteiger partial charge in [0.2, 0.25) is 0 Å². The van der Waals surface area contributed by atoms with E-state index in [1.807, 2.05) is 36.4 Å². The molecule has 37 heavy (non-hydrogen) atoms. The number of carbonyl (C=O) groups is 2. The molecule has 2 N–H and O–H groups in total. The molecule has 4 aromatic carbocycles. The van der Waals surface area contributed by atoms with Gasteiger partial charge in [-0.25, -0.2) is 9.59 Å². The van der Waals surface area contributed by atoms with Crippen LogP contribution in [-0.4, -0.2) is 29.8 Å². The number of ether oxygens (including phenoxy) is 2. The quantitative estimate of drug-likeness (QED) is 0.215. The molecule has 1 aliphatic rings. The molecule has 0 saturated heterocycles. The highest BCUT2D eigenvalue weighted by Crippen LogP contribution is 2.44. The lowest BCUT2D eigenvalue weighted by atomic mass is 9.98. The number of carbonyl (C=O) groups excluding carboxylic acids is 2. The van der Waals surface area contributed by atoms with Crippen LogP contribution >= 0.6 is 15.9 Å². The molecule has 0 radical (unpaired) electrons. The number of aliphatic hydroxyl groups is 1. The summed E-state index contributed by atoms with van der Waals surface area (Å²) < 4.78 is 11.9. The number of benzene rings is 4. The van der Waals surface area contributed by atoms with Gasteiger partial charge in [0.1, 0.15) is 18.5 Å². The van der Waals surface area contributed by atoms with E-state index in [0.29, 0.717) is 11.3 Å². The normalized spacial score (nSPS) is 13.7. The Morgan fingerprint density at radius 1 is 0.811 bits per heavy atom. The summed E-state index contributed by atoms with van der Waals surface area (Å²) in [5.41, 5.74) is 4.82. The van der Waals surface area contributed by atoms with Crippen LogP contribution in [0.3, 0.4) is 0 Å². The number of aliphatic hydroxyl groups excluding tert-OH is 1. The number of rotatable bonds is 7. The van der Waals surface area contributed by atoms with Crippen LogP contribution in [0, 0.1) is 0 Å². The number of esters is 1. The summed E-state index contributed by atoms with van der Waals surface area (Å²) >= 11 is 3.36. The SMILES string of the molecule is O=C(N[C@@H](C(=O)Oc1ccccc1)[C@H](O)c1ccc(Br)cc1)OCC1c2ccccc2-c2ccccc21. The number of hydrogen-bond donors (Lipinski definition) is 2. The van der Waals surface area contributed by atoms with Crippen molar-refractivity contribution < 1.29 is 24.2 Å². The Kier molecular flexibility index (Phi) is 7.35. The number of nitrogens with one attached hydrogen (secondary N) is 1. The van der Waals surface area contributed by atoms with Crippen LogP contribution in [0.5, 0.6) is 5.75 Å². The summed E-state index contributed by atoms with van der Waals surface area (Å²) in [6.07, 6.45) is -2.18. The third kappa shape index (κ3) is 5.43. The fourth-order valence-electron chi connectivity index (χ4n) is 4.55. The van der Waals surface area contributed by atoms with Crippen molar-refractivity contribution in [3.63, 3.8) is 0 Å². The minimum atomic E-state index is -1.39. The van der Waals surface area contributed by atoms with E-state index in [0.717, 1.165) is 26.7 Å². The molecule has 0 unspecified atom stereocenters. The van der Waals surface area contributed by atoms with Gasteiger partial charge in [0.15, 0.2) is 6.04 Å². The standard InChI is InChI=1S/C30H24BrNO5/c31-20-16-14-19(15-17-20)28(33)27(29(34)37-21-8-2-1-3-9-21)32-30(35)36-18-26-24-12-6-4-10-22(24)23-11-5-7-13-25(23)26/h1-17,26-28,33H,18H2,(H,32,35)/t27-,28-/m1/s1. The molecule has 7 heteroatoms. The zero-order chi connectivity index (χ0) is 25.8. The van der Waals surface area contributed by atoms with Gasteiger partial charge >= 0.3 is 12.1 Å². The molecule has 0 saturated carbocycles. The maximum Gasteiger partial charge on any atom is 0.407 e. The largest absolute Gasteiger partial charge is 0.449 e. The van der Waals surface area contributed by atoms with E-state index in [9.17, 15) is 14.7 Å². The lowest BCUT2D eigenvalue weighted by molar-refractivity contribution is -0.139. The van der Waals surface area contributed by atoms with Crippen molar-refractivity contribution >= 4 is 28.0 Å². The highest BCUT2D eigenvalue weighted by molar-refractivity contribution is 9.10. The second-order valence-corrected chi connectivity index (χ2v) is 9.59. The monoisotopic (exact) mass is 557 g/mol. The van der Waals surface area contributed by atoms with Crippen molar-refractivity contribution in [3.8, 4) is 16.9 Å².